The van der Waals surface area contributed by atoms with Gasteiger partial charge in [-0.2, -0.15) is 15.2 Å². The van der Waals surface area contributed by atoms with E-state index in [4.69, 9.17) is 10.5 Å². The van der Waals surface area contributed by atoms with E-state index in [1.165, 1.54) is 12.8 Å². The van der Waals surface area contributed by atoms with Gasteiger partial charge >= 0.3 is 0 Å². The number of sulfonamides is 1. The summed E-state index contributed by atoms with van der Waals surface area (Å²) in [5.41, 5.74) is 0. The quantitative estimate of drug-likeness (QED) is 0.486. The SMILES string of the molecule is CCCCCCCCC(C#N)S(=O)(=O)NCC#N. The van der Waals surface area contributed by atoms with Crippen LogP contribution in [0.25, 0.3) is 0 Å². The molecule has 0 aliphatic carbocycles. The van der Waals surface area contributed by atoms with Crippen molar-refractivity contribution in [1.82, 2.24) is 4.72 Å². The maximum Gasteiger partial charge on any atom is 0.228 e. The number of hydrogen-bond donors (Lipinski definition) is 1. The van der Waals surface area contributed by atoms with Gasteiger partial charge in [-0.3, -0.25) is 0 Å². The molecule has 0 aromatic heterocycles. The molecule has 0 spiro atoms. The second-order valence-corrected chi connectivity index (χ2v) is 6.15. The van der Waals surface area contributed by atoms with Crippen molar-refractivity contribution in [2.45, 2.75) is 57.1 Å². The number of unbranched alkanes of at least 4 members (excludes halogenated alkanes) is 5. The molecule has 6 heteroatoms. The Morgan fingerprint density at radius 1 is 1.11 bits per heavy atom. The molecule has 1 atom stereocenters. The monoisotopic (exact) mass is 271 g/mol. The molecule has 0 radical (unpaired) electrons. The maximum absolute atomic E-state index is 11.6. The van der Waals surface area contributed by atoms with E-state index in [1.54, 1.807) is 12.1 Å². The van der Waals surface area contributed by atoms with E-state index in [9.17, 15) is 8.42 Å². The maximum atomic E-state index is 11.6. The molecule has 5 nitrogen and oxygen atoms in total. The lowest BCUT2D eigenvalue weighted by Gasteiger charge is -2.09. The van der Waals surface area contributed by atoms with E-state index in [-0.39, 0.29) is 6.54 Å². The highest BCUT2D eigenvalue weighted by molar-refractivity contribution is 7.90. The van der Waals surface area contributed by atoms with Crippen molar-refractivity contribution in [3.8, 4) is 12.1 Å². The molecule has 0 amide bonds. The van der Waals surface area contributed by atoms with Gasteiger partial charge in [0.25, 0.3) is 0 Å². The molecule has 0 aromatic carbocycles. The summed E-state index contributed by atoms with van der Waals surface area (Å²) in [7, 11) is -3.67. The van der Waals surface area contributed by atoms with Gasteiger partial charge in [-0.05, 0) is 6.42 Å². The fourth-order valence-electron chi connectivity index (χ4n) is 1.63. The highest BCUT2D eigenvalue weighted by Crippen LogP contribution is 2.12. The molecule has 0 bridgehead atoms. The highest BCUT2D eigenvalue weighted by Gasteiger charge is 2.23. The standard InChI is InChI=1S/C12H21N3O2S/c1-2-3-4-5-6-7-8-12(11-14)18(16,17)15-10-9-13/h12,15H,2-8,10H2,1H3. The molecule has 0 fully saturated rings. The van der Waals surface area contributed by atoms with Crippen LogP contribution in [0.3, 0.4) is 0 Å². The number of nitrogens with zero attached hydrogens (tertiary/aromatic N) is 2. The summed E-state index contributed by atoms with van der Waals surface area (Å²) in [5.74, 6) is 0. The third-order valence-electron chi connectivity index (χ3n) is 2.69. The summed E-state index contributed by atoms with van der Waals surface area (Å²) in [6.07, 6.45) is 6.63. The van der Waals surface area contributed by atoms with Gasteiger partial charge in [0.15, 0.2) is 5.25 Å². The third kappa shape index (κ3) is 7.26. The van der Waals surface area contributed by atoms with E-state index in [0.717, 1.165) is 25.7 Å². The number of rotatable bonds is 10. The van der Waals surface area contributed by atoms with Gasteiger partial charge in [0.1, 0.15) is 0 Å². The fraction of sp³-hybridized carbons (Fsp3) is 0.833. The second-order valence-electron chi connectivity index (χ2n) is 4.20. The Morgan fingerprint density at radius 2 is 1.72 bits per heavy atom. The van der Waals surface area contributed by atoms with Gasteiger partial charge in [-0.1, -0.05) is 45.4 Å². The van der Waals surface area contributed by atoms with E-state index in [2.05, 4.69) is 11.6 Å². The Bertz CT molecular complexity index is 393. The molecule has 0 aliphatic rings. The van der Waals surface area contributed by atoms with Crippen LogP contribution in [0.1, 0.15) is 51.9 Å². The third-order valence-corrected chi connectivity index (χ3v) is 4.33. The number of hydrogen-bond acceptors (Lipinski definition) is 4. The van der Waals surface area contributed by atoms with Crippen molar-refractivity contribution in [1.29, 1.82) is 10.5 Å². The highest BCUT2D eigenvalue weighted by atomic mass is 32.2. The van der Waals surface area contributed by atoms with Crippen LogP contribution in [0.2, 0.25) is 0 Å². The van der Waals surface area contributed by atoms with Crippen LogP contribution in [-0.4, -0.2) is 20.2 Å². The predicted octanol–water partition coefficient (Wildman–Crippen LogP) is 2.07. The van der Waals surface area contributed by atoms with Crippen molar-refractivity contribution in [2.24, 2.45) is 0 Å². The van der Waals surface area contributed by atoms with Crippen molar-refractivity contribution >= 4 is 10.0 Å². The van der Waals surface area contributed by atoms with Crippen molar-refractivity contribution < 1.29 is 8.42 Å². The first-order valence-corrected chi connectivity index (χ1v) is 7.88. The molecule has 0 aliphatic heterocycles. The van der Waals surface area contributed by atoms with Crippen LogP contribution in [-0.2, 0) is 10.0 Å². The van der Waals surface area contributed by atoms with Gasteiger partial charge in [-0.15, -0.1) is 0 Å². The normalized spacial score (nSPS) is 12.6. The lowest BCUT2D eigenvalue weighted by molar-refractivity contribution is 0.558. The molecular formula is C12H21N3O2S. The minimum absolute atomic E-state index is 0.281. The Balaban J connectivity index is 3.98. The first-order valence-electron chi connectivity index (χ1n) is 6.33. The van der Waals surface area contributed by atoms with E-state index >= 15 is 0 Å². The number of nitrogens with one attached hydrogen (secondary N) is 1. The lowest BCUT2D eigenvalue weighted by atomic mass is 10.1. The van der Waals surface area contributed by atoms with Gasteiger partial charge in [0, 0.05) is 0 Å². The molecule has 1 N–H and O–H groups in total. The van der Waals surface area contributed by atoms with Crippen molar-refractivity contribution in [3.63, 3.8) is 0 Å². The average Bonchev–Trinajstić information content (AvgIpc) is 2.35. The summed E-state index contributed by atoms with van der Waals surface area (Å²) >= 11 is 0. The van der Waals surface area contributed by atoms with E-state index < -0.39 is 15.3 Å². The summed E-state index contributed by atoms with van der Waals surface area (Å²) in [4.78, 5) is 0. The molecule has 102 valence electrons. The summed E-state index contributed by atoms with van der Waals surface area (Å²) in [6, 6.07) is 3.49. The largest absolute Gasteiger partial charge is 0.228 e. The molecule has 0 heterocycles. The van der Waals surface area contributed by atoms with Crippen LogP contribution in [0, 0.1) is 22.7 Å². The summed E-state index contributed by atoms with van der Waals surface area (Å²) in [6.45, 7) is 1.86. The van der Waals surface area contributed by atoms with Gasteiger partial charge in [-0.25, -0.2) is 8.42 Å². The zero-order chi connectivity index (χ0) is 13.9. The topological polar surface area (TPSA) is 93.8 Å². The lowest BCUT2D eigenvalue weighted by Crippen LogP contribution is -2.33. The zero-order valence-electron chi connectivity index (χ0n) is 10.9. The van der Waals surface area contributed by atoms with Crippen LogP contribution in [0.5, 0.6) is 0 Å². The molecule has 0 saturated carbocycles. The van der Waals surface area contributed by atoms with E-state index in [0.29, 0.717) is 6.42 Å². The fourth-order valence-corrected chi connectivity index (χ4v) is 2.72. The molecular weight excluding hydrogens is 250 g/mol. The molecule has 1 unspecified atom stereocenters. The van der Waals surface area contributed by atoms with Gasteiger partial charge in [0.05, 0.1) is 18.7 Å². The van der Waals surface area contributed by atoms with Crippen LogP contribution < -0.4 is 4.72 Å². The van der Waals surface area contributed by atoms with Crippen LogP contribution in [0.4, 0.5) is 0 Å². The molecule has 0 aromatic rings. The Kier molecular flexibility index (Phi) is 9.26. The zero-order valence-corrected chi connectivity index (χ0v) is 11.7. The van der Waals surface area contributed by atoms with E-state index in [1.807, 2.05) is 0 Å². The van der Waals surface area contributed by atoms with Gasteiger partial charge < -0.3 is 0 Å². The Labute approximate surface area is 110 Å². The molecule has 18 heavy (non-hydrogen) atoms. The van der Waals surface area contributed by atoms with Gasteiger partial charge in [0.2, 0.25) is 10.0 Å². The first kappa shape index (κ1) is 16.9. The molecule has 0 rings (SSSR count). The van der Waals surface area contributed by atoms with Crippen LogP contribution >= 0.6 is 0 Å². The minimum atomic E-state index is -3.67. The average molecular weight is 271 g/mol. The minimum Gasteiger partial charge on any atom is -0.211 e. The summed E-state index contributed by atoms with van der Waals surface area (Å²) in [5, 5.41) is 16.1. The van der Waals surface area contributed by atoms with Crippen LogP contribution in [0.15, 0.2) is 0 Å². The Hall–Kier alpha value is -1.11. The smallest absolute Gasteiger partial charge is 0.211 e. The summed E-state index contributed by atoms with van der Waals surface area (Å²) < 4.78 is 25.3. The van der Waals surface area contributed by atoms with Crippen molar-refractivity contribution in [3.05, 3.63) is 0 Å². The van der Waals surface area contributed by atoms with Crippen molar-refractivity contribution in [2.75, 3.05) is 6.54 Å². The Morgan fingerprint density at radius 3 is 2.28 bits per heavy atom. The number of nitriles is 2. The predicted molar refractivity (Wildman–Crippen MR) is 69.9 cm³/mol. The first-order chi connectivity index (χ1) is 8.58. The second kappa shape index (κ2) is 9.87. The molecule has 0 saturated heterocycles.